The van der Waals surface area contributed by atoms with Gasteiger partial charge in [0, 0.05) is 44.1 Å². The van der Waals surface area contributed by atoms with Gasteiger partial charge in [0.2, 0.25) is 5.91 Å². The lowest BCUT2D eigenvalue weighted by atomic mass is 9.62. The van der Waals surface area contributed by atoms with Crippen molar-refractivity contribution in [2.75, 3.05) is 38.5 Å². The number of nitrogen functional groups attached to an aromatic ring is 1. The SMILES string of the molecule is Nc1ncnc2c1c(-c1ccc(Oc3ccccc3)cc1)nn2[C@@H]1CCCN(C(=O)/C=C/CN2CCC3(CC2)CC(=O)C3)C1. The molecule has 2 aliphatic heterocycles. The molecule has 0 unspecified atom stereocenters. The molecule has 1 aliphatic carbocycles. The van der Waals surface area contributed by atoms with Gasteiger partial charge < -0.3 is 15.4 Å². The molecule has 1 amide bonds. The zero-order valence-electron chi connectivity index (χ0n) is 24.8. The van der Waals surface area contributed by atoms with Crippen LogP contribution in [0.25, 0.3) is 22.3 Å². The summed E-state index contributed by atoms with van der Waals surface area (Å²) >= 11 is 0. The average molecular weight is 592 g/mol. The number of piperidine rings is 2. The second-order valence-electron chi connectivity index (χ2n) is 12.4. The first-order valence-electron chi connectivity index (χ1n) is 15.5. The zero-order valence-corrected chi connectivity index (χ0v) is 24.8. The van der Waals surface area contributed by atoms with Gasteiger partial charge in [-0.1, -0.05) is 24.3 Å². The molecule has 10 heteroatoms. The summed E-state index contributed by atoms with van der Waals surface area (Å²) in [7, 11) is 0. The summed E-state index contributed by atoms with van der Waals surface area (Å²) in [5.74, 6) is 2.29. The number of hydrogen-bond donors (Lipinski definition) is 1. The Morgan fingerprint density at radius 1 is 1.00 bits per heavy atom. The maximum atomic E-state index is 13.2. The summed E-state index contributed by atoms with van der Waals surface area (Å²) in [6, 6.07) is 17.4. The number of likely N-dealkylation sites (tertiary alicyclic amines) is 2. The van der Waals surface area contributed by atoms with Crippen LogP contribution < -0.4 is 10.5 Å². The molecular weight excluding hydrogens is 554 g/mol. The highest BCUT2D eigenvalue weighted by Crippen LogP contribution is 2.46. The number of carbonyl (C=O) groups is 2. The number of ether oxygens (including phenoxy) is 1. The molecule has 2 aromatic heterocycles. The van der Waals surface area contributed by atoms with Crippen molar-refractivity contribution in [1.29, 1.82) is 0 Å². The lowest BCUT2D eigenvalue weighted by molar-refractivity contribution is -0.135. The number of anilines is 1. The van der Waals surface area contributed by atoms with E-state index in [1.165, 1.54) is 6.33 Å². The Bertz CT molecular complexity index is 1680. The predicted molar refractivity (Wildman–Crippen MR) is 168 cm³/mol. The fraction of sp³-hybridized carbons (Fsp3) is 0.382. The molecule has 1 spiro atoms. The molecule has 2 aromatic carbocycles. The number of carbonyl (C=O) groups excluding carboxylic acids is 2. The second kappa shape index (κ2) is 11.8. The number of nitrogens with two attached hydrogens (primary N) is 1. The van der Waals surface area contributed by atoms with Crippen LogP contribution in [0.15, 0.2) is 73.1 Å². The fourth-order valence-corrected chi connectivity index (χ4v) is 6.87. The number of hydrogen-bond acceptors (Lipinski definition) is 8. The van der Waals surface area contributed by atoms with Crippen molar-refractivity contribution < 1.29 is 14.3 Å². The molecule has 1 saturated carbocycles. The van der Waals surface area contributed by atoms with Gasteiger partial charge in [-0.25, -0.2) is 14.6 Å². The Hall–Kier alpha value is -4.57. The molecule has 7 rings (SSSR count). The van der Waals surface area contributed by atoms with E-state index in [0.717, 1.165) is 75.2 Å². The molecule has 44 heavy (non-hydrogen) atoms. The minimum absolute atomic E-state index is 0.0209. The largest absolute Gasteiger partial charge is 0.457 e. The van der Waals surface area contributed by atoms with Gasteiger partial charge >= 0.3 is 0 Å². The van der Waals surface area contributed by atoms with Crippen LogP contribution in [-0.2, 0) is 9.59 Å². The van der Waals surface area contributed by atoms with Crippen molar-refractivity contribution in [1.82, 2.24) is 29.5 Å². The van der Waals surface area contributed by atoms with Gasteiger partial charge in [-0.15, -0.1) is 0 Å². The molecule has 3 fully saturated rings. The van der Waals surface area contributed by atoms with E-state index < -0.39 is 0 Å². The fourth-order valence-electron chi connectivity index (χ4n) is 6.87. The van der Waals surface area contributed by atoms with Gasteiger partial charge in [0.1, 0.15) is 35.1 Å². The van der Waals surface area contributed by atoms with Crippen LogP contribution in [0.2, 0.25) is 0 Å². The van der Waals surface area contributed by atoms with Crippen LogP contribution in [0, 0.1) is 5.41 Å². The minimum Gasteiger partial charge on any atom is -0.457 e. The number of amides is 1. The summed E-state index contributed by atoms with van der Waals surface area (Å²) in [5, 5.41) is 5.72. The van der Waals surface area contributed by atoms with Gasteiger partial charge in [0.05, 0.1) is 11.4 Å². The quantitative estimate of drug-likeness (QED) is 0.297. The van der Waals surface area contributed by atoms with Crippen LogP contribution in [0.4, 0.5) is 5.82 Å². The first-order valence-corrected chi connectivity index (χ1v) is 15.5. The zero-order chi connectivity index (χ0) is 30.1. The summed E-state index contributed by atoms with van der Waals surface area (Å²) in [5.41, 5.74) is 8.90. The Morgan fingerprint density at radius 3 is 2.50 bits per heavy atom. The van der Waals surface area contributed by atoms with Gasteiger partial charge in [-0.3, -0.25) is 14.5 Å². The lowest BCUT2D eigenvalue weighted by Gasteiger charge is -2.46. The number of ketones is 1. The lowest BCUT2D eigenvalue weighted by Crippen LogP contribution is -2.47. The van der Waals surface area contributed by atoms with Crippen LogP contribution in [0.3, 0.4) is 0 Å². The molecule has 10 nitrogen and oxygen atoms in total. The van der Waals surface area contributed by atoms with Crippen molar-refractivity contribution in [2.24, 2.45) is 5.41 Å². The Morgan fingerprint density at radius 2 is 1.75 bits per heavy atom. The Kier molecular flexibility index (Phi) is 7.59. The smallest absolute Gasteiger partial charge is 0.246 e. The third kappa shape index (κ3) is 5.69. The van der Waals surface area contributed by atoms with E-state index in [4.69, 9.17) is 15.6 Å². The minimum atomic E-state index is -0.0317. The standard InChI is InChI=1S/C34H37N7O3/c35-32-30-31(24-10-12-28(13-11-24)44-27-7-2-1-3-8-27)38-41(33(30)37-23-36-32)25-6-4-17-40(22-25)29(43)9-5-16-39-18-14-34(15-19-39)20-26(42)21-34/h1-3,5,7-13,23,25H,4,6,14-22H2,(H2,35,36,37)/b9-5+/t25-/m1/s1. The Balaban J connectivity index is 1.04. The maximum absolute atomic E-state index is 13.2. The van der Waals surface area contributed by atoms with E-state index in [1.807, 2.05) is 70.3 Å². The molecular formula is C34H37N7O3. The van der Waals surface area contributed by atoms with E-state index in [1.54, 1.807) is 6.08 Å². The van der Waals surface area contributed by atoms with E-state index in [2.05, 4.69) is 14.9 Å². The number of aromatic nitrogens is 4. The van der Waals surface area contributed by atoms with Crippen molar-refractivity contribution >= 4 is 28.5 Å². The first kappa shape index (κ1) is 28.2. The second-order valence-corrected chi connectivity index (χ2v) is 12.4. The number of rotatable bonds is 7. The van der Waals surface area contributed by atoms with Gasteiger partial charge in [-0.2, -0.15) is 5.10 Å². The molecule has 3 aliphatic rings. The number of para-hydroxylation sites is 1. The molecule has 4 aromatic rings. The topological polar surface area (TPSA) is 119 Å². The highest BCUT2D eigenvalue weighted by molar-refractivity contribution is 5.98. The van der Waals surface area contributed by atoms with E-state index >= 15 is 0 Å². The molecule has 0 radical (unpaired) electrons. The van der Waals surface area contributed by atoms with Gasteiger partial charge in [-0.05, 0) is 80.6 Å². The van der Waals surface area contributed by atoms with Crippen LogP contribution in [0.1, 0.15) is 44.6 Å². The van der Waals surface area contributed by atoms with Crippen molar-refractivity contribution in [2.45, 2.75) is 44.6 Å². The van der Waals surface area contributed by atoms with Crippen molar-refractivity contribution in [3.05, 3.63) is 73.1 Å². The van der Waals surface area contributed by atoms with Crippen LogP contribution in [-0.4, -0.2) is 74.0 Å². The number of fused-ring (bicyclic) bond motifs is 1. The highest BCUT2D eigenvalue weighted by Gasteiger charge is 2.44. The molecule has 4 heterocycles. The third-order valence-corrected chi connectivity index (χ3v) is 9.36. The van der Waals surface area contributed by atoms with E-state index in [9.17, 15) is 9.59 Å². The Labute approximate surface area is 256 Å². The monoisotopic (exact) mass is 591 g/mol. The van der Waals surface area contributed by atoms with E-state index in [0.29, 0.717) is 41.4 Å². The van der Waals surface area contributed by atoms with E-state index in [-0.39, 0.29) is 17.4 Å². The molecule has 1 atom stereocenters. The predicted octanol–water partition coefficient (Wildman–Crippen LogP) is 5.03. The number of Topliss-reactive ketones (excluding diaryl/α,β-unsaturated/α-hetero) is 1. The van der Waals surface area contributed by atoms with Gasteiger partial charge in [0.25, 0.3) is 0 Å². The molecule has 226 valence electrons. The van der Waals surface area contributed by atoms with Gasteiger partial charge in [0.15, 0.2) is 5.65 Å². The van der Waals surface area contributed by atoms with Crippen LogP contribution >= 0.6 is 0 Å². The van der Waals surface area contributed by atoms with Crippen LogP contribution in [0.5, 0.6) is 11.5 Å². The average Bonchev–Trinajstić information content (AvgIpc) is 3.43. The highest BCUT2D eigenvalue weighted by atomic mass is 16.5. The molecule has 0 bridgehead atoms. The van der Waals surface area contributed by atoms with Crippen molar-refractivity contribution in [3.63, 3.8) is 0 Å². The third-order valence-electron chi connectivity index (χ3n) is 9.36. The summed E-state index contributed by atoms with van der Waals surface area (Å²) < 4.78 is 7.89. The summed E-state index contributed by atoms with van der Waals surface area (Å²) in [4.78, 5) is 37.8. The summed E-state index contributed by atoms with van der Waals surface area (Å²) in [6.07, 6.45) is 10.6. The summed E-state index contributed by atoms with van der Waals surface area (Å²) in [6.45, 7) is 3.99. The molecule has 2 N–H and O–H groups in total. The number of benzene rings is 2. The normalized spacial score (nSPS) is 20.3. The van der Waals surface area contributed by atoms with Crippen molar-refractivity contribution in [3.8, 4) is 22.8 Å². The number of nitrogens with zero attached hydrogens (tertiary/aromatic N) is 6. The maximum Gasteiger partial charge on any atom is 0.246 e. The first-order chi connectivity index (χ1) is 21.5. The molecule has 2 saturated heterocycles.